The zero-order valence-corrected chi connectivity index (χ0v) is 14.6. The number of aryl methyl sites for hydroxylation is 2. The lowest BCUT2D eigenvalue weighted by atomic mass is 9.92. The molecule has 1 aromatic rings. The van der Waals surface area contributed by atoms with Crippen molar-refractivity contribution in [3.05, 3.63) is 17.0 Å². The number of nitrogens with one attached hydrogen (secondary N) is 1. The van der Waals surface area contributed by atoms with Crippen molar-refractivity contribution in [1.29, 1.82) is 0 Å². The van der Waals surface area contributed by atoms with Gasteiger partial charge in [0.1, 0.15) is 0 Å². The van der Waals surface area contributed by atoms with Crippen molar-refractivity contribution in [2.45, 2.75) is 45.7 Å². The zero-order chi connectivity index (χ0) is 16.9. The highest BCUT2D eigenvalue weighted by Gasteiger charge is 2.25. The van der Waals surface area contributed by atoms with E-state index in [0.717, 1.165) is 22.1 Å². The van der Waals surface area contributed by atoms with Gasteiger partial charge in [-0.15, -0.1) is 0 Å². The molecule has 6 nitrogen and oxygen atoms in total. The van der Waals surface area contributed by atoms with E-state index < -0.39 is 11.3 Å². The van der Waals surface area contributed by atoms with Crippen LogP contribution in [0, 0.1) is 19.3 Å². The van der Waals surface area contributed by atoms with Crippen LogP contribution in [0.25, 0.3) is 0 Å². The Morgan fingerprint density at radius 3 is 2.23 bits per heavy atom. The summed E-state index contributed by atoms with van der Waals surface area (Å²) in [6.07, 6.45) is 2.84. The second-order valence-corrected chi connectivity index (χ2v) is 6.66. The van der Waals surface area contributed by atoms with Crippen molar-refractivity contribution in [1.82, 2.24) is 15.3 Å². The molecule has 0 saturated heterocycles. The van der Waals surface area contributed by atoms with Crippen molar-refractivity contribution in [3.8, 4) is 0 Å². The van der Waals surface area contributed by atoms with Crippen LogP contribution < -0.4 is 11.1 Å². The number of nitrogens with zero attached hydrogens (tertiary/aromatic N) is 2. The zero-order valence-electron chi connectivity index (χ0n) is 13.8. The number of aromatic nitrogens is 2. The Hall–Kier alpha value is -1.63. The number of carbonyl (C=O) groups is 2. The summed E-state index contributed by atoms with van der Waals surface area (Å²) in [5.74, 6) is -0.539. The molecular formula is C15H24N4O2S. The summed E-state index contributed by atoms with van der Waals surface area (Å²) in [6.45, 7) is 7.51. The predicted octanol–water partition coefficient (Wildman–Crippen LogP) is 1.38. The molecule has 0 spiro atoms. The Kier molecular flexibility index (Phi) is 6.34. The van der Waals surface area contributed by atoms with E-state index in [-0.39, 0.29) is 12.5 Å². The van der Waals surface area contributed by atoms with Gasteiger partial charge >= 0.3 is 0 Å². The molecule has 2 amide bonds. The Morgan fingerprint density at radius 2 is 1.77 bits per heavy atom. The van der Waals surface area contributed by atoms with Gasteiger partial charge in [0, 0.05) is 24.4 Å². The van der Waals surface area contributed by atoms with Crippen molar-refractivity contribution in [3.63, 3.8) is 0 Å². The summed E-state index contributed by atoms with van der Waals surface area (Å²) in [6, 6.07) is 0. The van der Waals surface area contributed by atoms with Gasteiger partial charge in [-0.05, 0) is 45.9 Å². The van der Waals surface area contributed by atoms with Crippen LogP contribution in [0.15, 0.2) is 5.16 Å². The average Bonchev–Trinajstić information content (AvgIpc) is 2.43. The molecule has 22 heavy (non-hydrogen) atoms. The summed E-state index contributed by atoms with van der Waals surface area (Å²) in [5.41, 5.74) is 7.35. The fourth-order valence-corrected chi connectivity index (χ4v) is 2.35. The molecule has 0 aromatic carbocycles. The SMILES string of the molecule is CSc1nc(C)c(CCC(=O)NCC(C)(C)C(N)=O)c(C)n1. The van der Waals surface area contributed by atoms with Gasteiger partial charge in [-0.25, -0.2) is 9.97 Å². The van der Waals surface area contributed by atoms with Crippen LogP contribution in [0.5, 0.6) is 0 Å². The predicted molar refractivity (Wildman–Crippen MR) is 87.6 cm³/mol. The highest BCUT2D eigenvalue weighted by atomic mass is 32.2. The van der Waals surface area contributed by atoms with Gasteiger partial charge in [-0.2, -0.15) is 0 Å². The molecule has 0 saturated carbocycles. The van der Waals surface area contributed by atoms with Gasteiger partial charge in [0.05, 0.1) is 5.41 Å². The van der Waals surface area contributed by atoms with Crippen LogP contribution in [0.4, 0.5) is 0 Å². The summed E-state index contributed by atoms with van der Waals surface area (Å²) in [4.78, 5) is 31.9. The molecule has 3 N–H and O–H groups in total. The van der Waals surface area contributed by atoms with E-state index >= 15 is 0 Å². The van der Waals surface area contributed by atoms with Crippen LogP contribution in [0.2, 0.25) is 0 Å². The molecular weight excluding hydrogens is 300 g/mol. The van der Waals surface area contributed by atoms with Crippen LogP contribution in [-0.4, -0.2) is 34.6 Å². The first kappa shape index (κ1) is 18.4. The quantitative estimate of drug-likeness (QED) is 0.583. The topological polar surface area (TPSA) is 98.0 Å². The summed E-state index contributed by atoms with van der Waals surface area (Å²) < 4.78 is 0. The molecule has 7 heteroatoms. The molecule has 122 valence electrons. The van der Waals surface area contributed by atoms with E-state index in [9.17, 15) is 9.59 Å². The van der Waals surface area contributed by atoms with Gasteiger partial charge in [-0.3, -0.25) is 9.59 Å². The molecule has 0 aliphatic carbocycles. The maximum atomic E-state index is 11.9. The molecule has 0 fully saturated rings. The minimum absolute atomic E-state index is 0.109. The fourth-order valence-electron chi connectivity index (χ4n) is 1.90. The molecule has 0 atom stereocenters. The third-order valence-electron chi connectivity index (χ3n) is 3.58. The summed E-state index contributed by atoms with van der Waals surface area (Å²) in [5, 5.41) is 3.49. The van der Waals surface area contributed by atoms with Gasteiger partial charge in [-0.1, -0.05) is 11.8 Å². The normalized spacial score (nSPS) is 11.3. The van der Waals surface area contributed by atoms with Crippen molar-refractivity contribution >= 4 is 23.6 Å². The van der Waals surface area contributed by atoms with E-state index in [1.54, 1.807) is 13.8 Å². The molecule has 1 heterocycles. The standard InChI is InChI=1S/C15H24N4O2S/c1-9-11(10(2)19-14(18-9)22-5)6-7-12(20)17-8-15(3,4)13(16)21/h6-8H2,1-5H3,(H2,16,21)(H,17,20). The maximum absolute atomic E-state index is 11.9. The van der Waals surface area contributed by atoms with E-state index in [0.29, 0.717) is 12.8 Å². The Morgan fingerprint density at radius 1 is 1.23 bits per heavy atom. The molecule has 0 bridgehead atoms. The Bertz CT molecular complexity index is 550. The first-order valence-electron chi connectivity index (χ1n) is 7.12. The monoisotopic (exact) mass is 324 g/mol. The third kappa shape index (κ3) is 4.98. The number of nitrogens with two attached hydrogens (primary N) is 1. The first-order valence-corrected chi connectivity index (χ1v) is 8.34. The van der Waals surface area contributed by atoms with Crippen LogP contribution >= 0.6 is 11.8 Å². The van der Waals surface area contributed by atoms with Gasteiger partial charge in [0.25, 0.3) is 0 Å². The lowest BCUT2D eigenvalue weighted by Gasteiger charge is -2.20. The largest absolute Gasteiger partial charge is 0.369 e. The van der Waals surface area contributed by atoms with E-state index in [1.165, 1.54) is 11.8 Å². The molecule has 0 radical (unpaired) electrons. The van der Waals surface area contributed by atoms with Gasteiger partial charge in [0.2, 0.25) is 11.8 Å². The number of primary amides is 1. The minimum atomic E-state index is -0.745. The average molecular weight is 324 g/mol. The number of hydrogen-bond acceptors (Lipinski definition) is 5. The van der Waals surface area contributed by atoms with Crippen LogP contribution in [-0.2, 0) is 16.0 Å². The highest BCUT2D eigenvalue weighted by Crippen LogP contribution is 2.17. The van der Waals surface area contributed by atoms with Crippen molar-refractivity contribution in [2.24, 2.45) is 11.1 Å². The number of hydrogen-bond donors (Lipinski definition) is 2. The van der Waals surface area contributed by atoms with E-state index in [4.69, 9.17) is 5.73 Å². The smallest absolute Gasteiger partial charge is 0.224 e. The number of thioether (sulfide) groups is 1. The molecule has 0 aliphatic rings. The van der Waals surface area contributed by atoms with Gasteiger partial charge < -0.3 is 11.1 Å². The number of carbonyl (C=O) groups excluding carboxylic acids is 2. The second kappa shape index (κ2) is 7.58. The van der Waals surface area contributed by atoms with Crippen LogP contribution in [0.1, 0.15) is 37.2 Å². The fraction of sp³-hybridized carbons (Fsp3) is 0.600. The number of amides is 2. The molecule has 0 aliphatic heterocycles. The molecule has 0 unspecified atom stereocenters. The van der Waals surface area contributed by atoms with Crippen molar-refractivity contribution < 1.29 is 9.59 Å². The van der Waals surface area contributed by atoms with E-state index in [2.05, 4.69) is 15.3 Å². The summed E-state index contributed by atoms with van der Waals surface area (Å²) >= 11 is 1.50. The van der Waals surface area contributed by atoms with E-state index in [1.807, 2.05) is 20.1 Å². The molecule has 1 rings (SSSR count). The van der Waals surface area contributed by atoms with Gasteiger partial charge in [0.15, 0.2) is 5.16 Å². The van der Waals surface area contributed by atoms with Crippen LogP contribution in [0.3, 0.4) is 0 Å². The lowest BCUT2D eigenvalue weighted by molar-refractivity contribution is -0.127. The highest BCUT2D eigenvalue weighted by molar-refractivity contribution is 7.98. The first-order chi connectivity index (χ1) is 10.2. The second-order valence-electron chi connectivity index (χ2n) is 5.88. The lowest BCUT2D eigenvalue weighted by Crippen LogP contribution is -2.42. The Balaban J connectivity index is 2.60. The maximum Gasteiger partial charge on any atom is 0.224 e. The number of rotatable bonds is 7. The summed E-state index contributed by atoms with van der Waals surface area (Å²) in [7, 11) is 0. The Labute approximate surface area is 135 Å². The minimum Gasteiger partial charge on any atom is -0.369 e. The van der Waals surface area contributed by atoms with Crippen molar-refractivity contribution in [2.75, 3.05) is 12.8 Å². The molecule has 1 aromatic heterocycles. The third-order valence-corrected chi connectivity index (χ3v) is 4.13.